The summed E-state index contributed by atoms with van der Waals surface area (Å²) < 4.78 is 1.87. The lowest BCUT2D eigenvalue weighted by atomic mass is 10.2. The van der Waals surface area contributed by atoms with Crippen LogP contribution in [0.25, 0.3) is 17.1 Å². The first-order chi connectivity index (χ1) is 13.5. The van der Waals surface area contributed by atoms with Crippen molar-refractivity contribution in [3.05, 3.63) is 59.6 Å². The zero-order valence-corrected chi connectivity index (χ0v) is 16.8. The van der Waals surface area contributed by atoms with Crippen molar-refractivity contribution >= 4 is 35.3 Å². The lowest BCUT2D eigenvalue weighted by Gasteiger charge is -2.13. The fraction of sp³-hybridized carbons (Fsp3) is 0.158. The molecule has 1 atom stereocenters. The third kappa shape index (κ3) is 4.52. The van der Waals surface area contributed by atoms with Crippen LogP contribution in [0.5, 0.6) is 0 Å². The maximum absolute atomic E-state index is 12.2. The number of para-hydroxylation sites is 1. The largest absolute Gasteiger partial charge is 0.341 e. The number of aromatic nitrogens is 3. The molecule has 1 aromatic heterocycles. The lowest BCUT2D eigenvalue weighted by Crippen LogP contribution is -2.41. The van der Waals surface area contributed by atoms with Gasteiger partial charge in [0.1, 0.15) is 0 Å². The SMILES string of the molecule is CNC(=O)NC(=O)[C@@H](C)Sc1nnc(-c2ccc(Cl)cc2)n1-c1ccccc1. The maximum Gasteiger partial charge on any atom is 0.321 e. The van der Waals surface area contributed by atoms with E-state index in [0.29, 0.717) is 16.0 Å². The van der Waals surface area contributed by atoms with Gasteiger partial charge in [0.25, 0.3) is 0 Å². The van der Waals surface area contributed by atoms with Gasteiger partial charge in [-0.15, -0.1) is 10.2 Å². The molecule has 0 fully saturated rings. The molecule has 0 radical (unpaired) electrons. The molecule has 0 unspecified atom stereocenters. The monoisotopic (exact) mass is 415 g/mol. The fourth-order valence-electron chi connectivity index (χ4n) is 2.43. The summed E-state index contributed by atoms with van der Waals surface area (Å²) in [6.45, 7) is 1.70. The van der Waals surface area contributed by atoms with Gasteiger partial charge in [0.2, 0.25) is 5.91 Å². The van der Waals surface area contributed by atoms with Gasteiger partial charge in [0.15, 0.2) is 11.0 Å². The van der Waals surface area contributed by atoms with E-state index in [1.807, 2.05) is 47.0 Å². The van der Waals surface area contributed by atoms with Gasteiger partial charge in [0.05, 0.1) is 5.25 Å². The van der Waals surface area contributed by atoms with Crippen LogP contribution in [0.15, 0.2) is 59.8 Å². The molecule has 9 heteroatoms. The number of nitrogens with one attached hydrogen (secondary N) is 2. The van der Waals surface area contributed by atoms with Crippen LogP contribution in [0.4, 0.5) is 4.79 Å². The van der Waals surface area contributed by atoms with E-state index < -0.39 is 17.2 Å². The number of nitrogens with zero attached hydrogens (tertiary/aromatic N) is 3. The van der Waals surface area contributed by atoms with Gasteiger partial charge in [0, 0.05) is 23.3 Å². The van der Waals surface area contributed by atoms with Gasteiger partial charge in [-0.2, -0.15) is 0 Å². The minimum Gasteiger partial charge on any atom is -0.341 e. The van der Waals surface area contributed by atoms with Crippen LogP contribution >= 0.6 is 23.4 Å². The zero-order chi connectivity index (χ0) is 20.1. The number of imide groups is 1. The number of benzene rings is 2. The Morgan fingerprint density at radius 2 is 1.75 bits per heavy atom. The van der Waals surface area contributed by atoms with E-state index in [2.05, 4.69) is 20.8 Å². The Bertz CT molecular complexity index is 976. The first-order valence-corrected chi connectivity index (χ1v) is 9.71. The van der Waals surface area contributed by atoms with Crippen molar-refractivity contribution in [2.24, 2.45) is 0 Å². The van der Waals surface area contributed by atoms with Gasteiger partial charge in [-0.05, 0) is 43.3 Å². The average Bonchev–Trinajstić information content (AvgIpc) is 3.12. The second-order valence-electron chi connectivity index (χ2n) is 5.81. The molecule has 1 heterocycles. The number of carbonyl (C=O) groups is 2. The van der Waals surface area contributed by atoms with Crippen LogP contribution in [0, 0.1) is 0 Å². The average molecular weight is 416 g/mol. The van der Waals surface area contributed by atoms with E-state index >= 15 is 0 Å². The predicted molar refractivity (Wildman–Crippen MR) is 110 cm³/mol. The fourth-order valence-corrected chi connectivity index (χ4v) is 3.42. The Balaban J connectivity index is 1.96. The summed E-state index contributed by atoms with van der Waals surface area (Å²) in [5.74, 6) is 0.212. The van der Waals surface area contributed by atoms with Crippen LogP contribution in [-0.4, -0.2) is 39.0 Å². The van der Waals surface area contributed by atoms with Crippen LogP contribution in [0.1, 0.15) is 6.92 Å². The molecule has 2 aromatic carbocycles. The van der Waals surface area contributed by atoms with Crippen molar-refractivity contribution in [1.29, 1.82) is 0 Å². The minimum absolute atomic E-state index is 0.417. The molecule has 0 aliphatic heterocycles. The highest BCUT2D eigenvalue weighted by Crippen LogP contribution is 2.30. The van der Waals surface area contributed by atoms with Crippen molar-refractivity contribution in [3.8, 4) is 17.1 Å². The van der Waals surface area contributed by atoms with Crippen molar-refractivity contribution in [2.45, 2.75) is 17.3 Å². The van der Waals surface area contributed by atoms with Gasteiger partial charge < -0.3 is 5.32 Å². The van der Waals surface area contributed by atoms with Crippen LogP contribution in [0.3, 0.4) is 0 Å². The quantitative estimate of drug-likeness (QED) is 0.622. The smallest absolute Gasteiger partial charge is 0.321 e. The summed E-state index contributed by atoms with van der Waals surface area (Å²) >= 11 is 7.21. The normalized spacial score (nSPS) is 11.7. The van der Waals surface area contributed by atoms with Crippen LogP contribution < -0.4 is 10.6 Å². The van der Waals surface area contributed by atoms with E-state index in [0.717, 1.165) is 11.3 Å². The van der Waals surface area contributed by atoms with Crippen LogP contribution in [0.2, 0.25) is 5.02 Å². The maximum atomic E-state index is 12.2. The van der Waals surface area contributed by atoms with E-state index in [1.165, 1.54) is 18.8 Å². The summed E-state index contributed by atoms with van der Waals surface area (Å²) in [6.07, 6.45) is 0. The lowest BCUT2D eigenvalue weighted by molar-refractivity contribution is -0.119. The Morgan fingerprint density at radius 3 is 2.39 bits per heavy atom. The first-order valence-electron chi connectivity index (χ1n) is 8.45. The molecule has 3 amide bonds. The topological polar surface area (TPSA) is 88.9 Å². The minimum atomic E-state index is -0.554. The Labute approximate surface area is 171 Å². The summed E-state index contributed by atoms with van der Waals surface area (Å²) in [6, 6.07) is 16.4. The Morgan fingerprint density at radius 1 is 1.07 bits per heavy atom. The number of halogens is 1. The highest BCUT2D eigenvalue weighted by molar-refractivity contribution is 8.00. The molecule has 144 valence electrons. The number of thioether (sulfide) groups is 1. The first kappa shape index (κ1) is 19.9. The highest BCUT2D eigenvalue weighted by atomic mass is 35.5. The van der Waals surface area contributed by atoms with E-state index in [1.54, 1.807) is 19.1 Å². The van der Waals surface area contributed by atoms with Crippen molar-refractivity contribution in [1.82, 2.24) is 25.4 Å². The molecule has 0 aliphatic carbocycles. The molecular weight excluding hydrogens is 398 g/mol. The third-order valence-electron chi connectivity index (χ3n) is 3.87. The molecule has 7 nitrogen and oxygen atoms in total. The third-order valence-corrected chi connectivity index (χ3v) is 5.16. The number of hydrogen-bond donors (Lipinski definition) is 2. The predicted octanol–water partition coefficient (Wildman–Crippen LogP) is 3.52. The molecule has 3 aromatic rings. The second kappa shape index (κ2) is 8.90. The Kier molecular flexibility index (Phi) is 6.33. The summed E-state index contributed by atoms with van der Waals surface area (Å²) in [5.41, 5.74) is 1.70. The number of hydrogen-bond acceptors (Lipinski definition) is 5. The van der Waals surface area contributed by atoms with Crippen molar-refractivity contribution in [2.75, 3.05) is 7.05 Å². The van der Waals surface area contributed by atoms with E-state index in [9.17, 15) is 9.59 Å². The zero-order valence-electron chi connectivity index (χ0n) is 15.2. The molecule has 0 aliphatic rings. The molecule has 28 heavy (non-hydrogen) atoms. The number of amides is 3. The van der Waals surface area contributed by atoms with Gasteiger partial charge in [-0.25, -0.2) is 4.79 Å². The van der Waals surface area contributed by atoms with Gasteiger partial charge >= 0.3 is 6.03 Å². The highest BCUT2D eigenvalue weighted by Gasteiger charge is 2.22. The Hall–Kier alpha value is -2.84. The molecule has 0 bridgehead atoms. The molecule has 2 N–H and O–H groups in total. The standard InChI is InChI=1S/C19H18ClN5O2S/c1-12(17(26)22-18(27)21-2)28-19-24-23-16(13-8-10-14(20)11-9-13)25(19)15-6-4-3-5-7-15/h3-12H,1-2H3,(H2,21,22,26,27)/t12-/m1/s1. The molecule has 0 spiro atoms. The molecule has 0 saturated carbocycles. The molecular formula is C19H18ClN5O2S. The van der Waals surface area contributed by atoms with Gasteiger partial charge in [-0.1, -0.05) is 41.6 Å². The van der Waals surface area contributed by atoms with Gasteiger partial charge in [-0.3, -0.25) is 14.7 Å². The summed E-state index contributed by atoms with van der Waals surface area (Å²) in [5, 5.41) is 13.8. The van der Waals surface area contributed by atoms with Crippen LogP contribution in [-0.2, 0) is 4.79 Å². The second-order valence-corrected chi connectivity index (χ2v) is 7.56. The summed E-state index contributed by atoms with van der Waals surface area (Å²) in [4.78, 5) is 23.6. The molecule has 0 saturated heterocycles. The van der Waals surface area contributed by atoms with Crippen molar-refractivity contribution < 1.29 is 9.59 Å². The number of carbonyl (C=O) groups excluding carboxylic acids is 2. The molecule has 3 rings (SSSR count). The number of rotatable bonds is 5. The van der Waals surface area contributed by atoms with E-state index in [4.69, 9.17) is 11.6 Å². The summed E-state index contributed by atoms with van der Waals surface area (Å²) in [7, 11) is 1.45. The number of urea groups is 1. The van der Waals surface area contributed by atoms with E-state index in [-0.39, 0.29) is 0 Å². The van der Waals surface area contributed by atoms with Crippen molar-refractivity contribution in [3.63, 3.8) is 0 Å².